The summed E-state index contributed by atoms with van der Waals surface area (Å²) in [4.78, 5) is 12.3. The van der Waals surface area contributed by atoms with Gasteiger partial charge in [-0.15, -0.1) is 0 Å². The molecule has 0 aliphatic carbocycles. The number of methoxy groups -OCH3 is 1. The first kappa shape index (κ1) is 16.8. The van der Waals surface area contributed by atoms with Crippen molar-refractivity contribution in [3.63, 3.8) is 0 Å². The maximum atomic E-state index is 12.3. The molecule has 0 aliphatic heterocycles. The first-order chi connectivity index (χ1) is 12.2. The third kappa shape index (κ3) is 4.10. The second-order valence-electron chi connectivity index (χ2n) is 5.79. The van der Waals surface area contributed by atoms with Crippen molar-refractivity contribution >= 4 is 16.7 Å². The van der Waals surface area contributed by atoms with E-state index in [4.69, 9.17) is 9.47 Å². The highest BCUT2D eigenvalue weighted by Gasteiger charge is 2.14. The third-order valence-corrected chi connectivity index (χ3v) is 4.07. The normalized spacial score (nSPS) is 11.8. The lowest BCUT2D eigenvalue weighted by molar-refractivity contribution is -0.127. The lowest BCUT2D eigenvalue weighted by Crippen LogP contribution is -2.35. The second kappa shape index (κ2) is 7.71. The molecule has 4 heteroatoms. The Labute approximate surface area is 147 Å². The molecule has 4 nitrogen and oxygen atoms in total. The Hall–Kier alpha value is -3.01. The molecule has 1 atom stereocenters. The number of benzene rings is 3. The Balaban J connectivity index is 1.61. The molecule has 0 saturated heterocycles. The van der Waals surface area contributed by atoms with Gasteiger partial charge in [0.25, 0.3) is 5.91 Å². The summed E-state index contributed by atoms with van der Waals surface area (Å²) >= 11 is 0. The highest BCUT2D eigenvalue weighted by Crippen LogP contribution is 2.19. The summed E-state index contributed by atoms with van der Waals surface area (Å²) in [6, 6.07) is 21.4. The van der Waals surface area contributed by atoms with Crippen LogP contribution in [0.1, 0.15) is 12.5 Å². The highest BCUT2D eigenvalue weighted by atomic mass is 16.5. The molecule has 0 radical (unpaired) electrons. The molecule has 0 unspecified atom stereocenters. The van der Waals surface area contributed by atoms with Crippen LogP contribution in [0.2, 0.25) is 0 Å². The number of hydrogen-bond donors (Lipinski definition) is 1. The smallest absolute Gasteiger partial charge is 0.261 e. The summed E-state index contributed by atoms with van der Waals surface area (Å²) in [6.45, 7) is 2.21. The largest absolute Gasteiger partial charge is 0.497 e. The van der Waals surface area contributed by atoms with Crippen molar-refractivity contribution in [3.05, 3.63) is 72.3 Å². The fourth-order valence-corrected chi connectivity index (χ4v) is 2.68. The van der Waals surface area contributed by atoms with Gasteiger partial charge in [0.05, 0.1) is 7.11 Å². The van der Waals surface area contributed by atoms with E-state index >= 15 is 0 Å². The minimum absolute atomic E-state index is 0.149. The van der Waals surface area contributed by atoms with Crippen LogP contribution in [0.4, 0.5) is 0 Å². The Morgan fingerprint density at radius 3 is 2.40 bits per heavy atom. The van der Waals surface area contributed by atoms with E-state index < -0.39 is 6.10 Å². The van der Waals surface area contributed by atoms with E-state index in [1.807, 2.05) is 24.3 Å². The molecule has 128 valence electrons. The first-order valence-corrected chi connectivity index (χ1v) is 8.22. The van der Waals surface area contributed by atoms with Gasteiger partial charge in [0.15, 0.2) is 6.10 Å². The van der Waals surface area contributed by atoms with Crippen molar-refractivity contribution in [2.24, 2.45) is 0 Å². The number of carbonyl (C=O) groups excluding carboxylic acids is 1. The summed E-state index contributed by atoms with van der Waals surface area (Å²) in [5.74, 6) is 1.23. The van der Waals surface area contributed by atoms with Crippen molar-refractivity contribution in [2.45, 2.75) is 19.6 Å². The van der Waals surface area contributed by atoms with Gasteiger partial charge in [-0.1, -0.05) is 42.5 Å². The van der Waals surface area contributed by atoms with E-state index in [1.165, 1.54) is 0 Å². The molecule has 3 aromatic carbocycles. The fourth-order valence-electron chi connectivity index (χ4n) is 2.68. The molecule has 1 N–H and O–H groups in total. The summed E-state index contributed by atoms with van der Waals surface area (Å²) in [5, 5.41) is 5.26. The lowest BCUT2D eigenvalue weighted by atomic mass is 10.0. The van der Waals surface area contributed by atoms with Gasteiger partial charge in [-0.05, 0) is 47.5 Å². The van der Waals surface area contributed by atoms with Crippen LogP contribution in [-0.2, 0) is 11.3 Å². The van der Waals surface area contributed by atoms with Crippen molar-refractivity contribution in [3.8, 4) is 11.5 Å². The maximum absolute atomic E-state index is 12.3. The predicted octanol–water partition coefficient (Wildman–Crippen LogP) is 3.93. The van der Waals surface area contributed by atoms with Crippen molar-refractivity contribution in [1.82, 2.24) is 5.32 Å². The van der Waals surface area contributed by atoms with Crippen molar-refractivity contribution < 1.29 is 14.3 Å². The van der Waals surface area contributed by atoms with Crippen LogP contribution in [0.3, 0.4) is 0 Å². The van der Waals surface area contributed by atoms with Gasteiger partial charge in [-0.3, -0.25) is 4.79 Å². The lowest BCUT2D eigenvalue weighted by Gasteiger charge is -2.15. The number of carbonyl (C=O) groups is 1. The van der Waals surface area contributed by atoms with Gasteiger partial charge in [0.1, 0.15) is 11.5 Å². The van der Waals surface area contributed by atoms with Crippen molar-refractivity contribution in [2.75, 3.05) is 7.11 Å². The number of hydrogen-bond acceptors (Lipinski definition) is 3. The van der Waals surface area contributed by atoms with Crippen molar-refractivity contribution in [1.29, 1.82) is 0 Å². The summed E-state index contributed by atoms with van der Waals surface area (Å²) in [7, 11) is 1.61. The average Bonchev–Trinajstić information content (AvgIpc) is 2.66. The van der Waals surface area contributed by atoms with E-state index in [0.717, 1.165) is 22.1 Å². The van der Waals surface area contributed by atoms with Gasteiger partial charge < -0.3 is 14.8 Å². The standard InChI is InChI=1S/C21H21NO3/c1-15(25-19-12-10-18(24-2)11-13-19)21(23)22-14-17-8-5-7-16-6-3-4-9-20(16)17/h3-13,15H,14H2,1-2H3,(H,22,23)/t15-/m0/s1. The number of rotatable bonds is 6. The average molecular weight is 335 g/mol. The van der Waals surface area contributed by atoms with E-state index in [2.05, 4.69) is 23.5 Å². The molecule has 3 rings (SSSR count). The number of fused-ring (bicyclic) bond motifs is 1. The molecule has 0 saturated carbocycles. The molecule has 25 heavy (non-hydrogen) atoms. The molecular formula is C21H21NO3. The highest BCUT2D eigenvalue weighted by molar-refractivity contribution is 5.86. The molecule has 3 aromatic rings. The Morgan fingerprint density at radius 2 is 1.64 bits per heavy atom. The Bertz CT molecular complexity index is 853. The topological polar surface area (TPSA) is 47.6 Å². The molecule has 0 bridgehead atoms. The Morgan fingerprint density at radius 1 is 0.960 bits per heavy atom. The van der Waals surface area contributed by atoms with Crippen LogP contribution < -0.4 is 14.8 Å². The molecule has 0 aromatic heterocycles. The van der Waals surface area contributed by atoms with Gasteiger partial charge >= 0.3 is 0 Å². The number of nitrogens with one attached hydrogen (secondary N) is 1. The molecular weight excluding hydrogens is 314 g/mol. The molecule has 0 aliphatic rings. The summed E-state index contributed by atoms with van der Waals surface area (Å²) in [6.07, 6.45) is -0.580. The molecule has 0 fully saturated rings. The van der Waals surface area contributed by atoms with E-state index in [9.17, 15) is 4.79 Å². The van der Waals surface area contributed by atoms with Crippen LogP contribution in [0, 0.1) is 0 Å². The molecule has 0 spiro atoms. The van der Waals surface area contributed by atoms with Crippen LogP contribution in [-0.4, -0.2) is 19.1 Å². The quantitative estimate of drug-likeness (QED) is 0.742. The minimum atomic E-state index is -0.580. The zero-order valence-electron chi connectivity index (χ0n) is 14.4. The minimum Gasteiger partial charge on any atom is -0.497 e. The van der Waals surface area contributed by atoms with Crippen LogP contribution in [0.25, 0.3) is 10.8 Å². The SMILES string of the molecule is COc1ccc(O[C@@H](C)C(=O)NCc2cccc3ccccc23)cc1. The second-order valence-corrected chi connectivity index (χ2v) is 5.79. The van der Waals surface area contributed by atoms with E-state index in [0.29, 0.717) is 12.3 Å². The number of ether oxygens (including phenoxy) is 2. The van der Waals surface area contributed by atoms with E-state index in [1.54, 1.807) is 38.3 Å². The van der Waals surface area contributed by atoms with Gasteiger partial charge in [-0.25, -0.2) is 0 Å². The maximum Gasteiger partial charge on any atom is 0.261 e. The zero-order chi connectivity index (χ0) is 17.6. The third-order valence-electron chi connectivity index (χ3n) is 4.07. The van der Waals surface area contributed by atoms with Gasteiger partial charge in [0, 0.05) is 6.54 Å². The number of amides is 1. The summed E-state index contributed by atoms with van der Waals surface area (Å²) < 4.78 is 10.8. The fraction of sp³-hybridized carbons (Fsp3) is 0.190. The molecule has 1 amide bonds. The van der Waals surface area contributed by atoms with E-state index in [-0.39, 0.29) is 5.91 Å². The van der Waals surface area contributed by atoms with Crippen LogP contribution in [0.15, 0.2) is 66.7 Å². The predicted molar refractivity (Wildman–Crippen MR) is 98.9 cm³/mol. The molecule has 0 heterocycles. The Kier molecular flexibility index (Phi) is 5.19. The monoisotopic (exact) mass is 335 g/mol. The van der Waals surface area contributed by atoms with Gasteiger partial charge in [0.2, 0.25) is 0 Å². The van der Waals surface area contributed by atoms with Crippen LogP contribution >= 0.6 is 0 Å². The zero-order valence-corrected chi connectivity index (χ0v) is 14.4. The van der Waals surface area contributed by atoms with Gasteiger partial charge in [-0.2, -0.15) is 0 Å². The summed E-state index contributed by atoms with van der Waals surface area (Å²) in [5.41, 5.74) is 1.09. The first-order valence-electron chi connectivity index (χ1n) is 8.22. The van der Waals surface area contributed by atoms with Crippen LogP contribution in [0.5, 0.6) is 11.5 Å².